The predicted molar refractivity (Wildman–Crippen MR) is 112 cm³/mol. The van der Waals surface area contributed by atoms with E-state index in [1.165, 1.54) is 19.3 Å². The summed E-state index contributed by atoms with van der Waals surface area (Å²) in [4.78, 5) is 23.6. The second kappa shape index (κ2) is 9.35. The summed E-state index contributed by atoms with van der Waals surface area (Å²) in [7, 11) is -3.30. The molecule has 7 nitrogen and oxygen atoms in total. The molecule has 1 aliphatic heterocycles. The van der Waals surface area contributed by atoms with E-state index in [4.69, 9.17) is 0 Å². The highest BCUT2D eigenvalue weighted by atomic mass is 32.2. The summed E-state index contributed by atoms with van der Waals surface area (Å²) >= 11 is 0. The second-order valence-electron chi connectivity index (χ2n) is 7.57. The van der Waals surface area contributed by atoms with Crippen molar-refractivity contribution in [1.29, 1.82) is 0 Å². The minimum Gasteiger partial charge on any atom is -0.357 e. The first-order valence-electron chi connectivity index (χ1n) is 10.0. The number of carbonyl (C=O) groups is 1. The van der Waals surface area contributed by atoms with Crippen molar-refractivity contribution in [3.05, 3.63) is 47.9 Å². The molecule has 1 amide bonds. The lowest BCUT2D eigenvalue weighted by molar-refractivity contribution is -0.120. The number of carbonyl (C=O) groups excluding carboxylic acids is 1. The summed E-state index contributed by atoms with van der Waals surface area (Å²) in [5, 5.41) is 2.37. The number of amides is 1. The van der Waals surface area contributed by atoms with Crippen LogP contribution in [0, 0.1) is 0 Å². The van der Waals surface area contributed by atoms with Crippen molar-refractivity contribution in [2.24, 2.45) is 0 Å². The highest BCUT2D eigenvalue weighted by molar-refractivity contribution is 7.92. The van der Waals surface area contributed by atoms with Gasteiger partial charge in [-0.3, -0.25) is 4.79 Å². The zero-order valence-corrected chi connectivity index (χ0v) is 17.8. The number of hydrogen-bond donors (Lipinski definition) is 1. The Labute approximate surface area is 172 Å². The molecule has 3 rings (SSSR count). The summed E-state index contributed by atoms with van der Waals surface area (Å²) < 4.78 is 24.3. The summed E-state index contributed by atoms with van der Waals surface area (Å²) in [6.45, 7) is 5.58. The molecule has 0 bridgehead atoms. The fraction of sp³-hybridized carbons (Fsp3) is 0.476. The number of rotatable bonds is 7. The van der Waals surface area contributed by atoms with Crippen molar-refractivity contribution in [3.8, 4) is 0 Å². The van der Waals surface area contributed by atoms with Crippen LogP contribution in [0.25, 0.3) is 0 Å². The van der Waals surface area contributed by atoms with E-state index in [9.17, 15) is 13.2 Å². The van der Waals surface area contributed by atoms with Crippen molar-refractivity contribution in [3.63, 3.8) is 0 Å². The molecule has 0 unspecified atom stereocenters. The Morgan fingerprint density at radius 1 is 1.10 bits per heavy atom. The van der Waals surface area contributed by atoms with Crippen LogP contribution < -0.4 is 10.2 Å². The Hall–Kier alpha value is -2.48. The van der Waals surface area contributed by atoms with Gasteiger partial charge in [0.2, 0.25) is 5.91 Å². The van der Waals surface area contributed by atoms with E-state index in [2.05, 4.69) is 20.2 Å². The minimum absolute atomic E-state index is 0.156. The molecule has 0 aliphatic carbocycles. The second-order valence-corrected chi connectivity index (χ2v) is 10.1. The molecule has 1 aliphatic rings. The average Bonchev–Trinajstić information content (AvgIpc) is 2.73. The Balaban J connectivity index is 1.55. The number of benzene rings is 1. The van der Waals surface area contributed by atoms with Crippen LogP contribution in [0.3, 0.4) is 0 Å². The summed E-state index contributed by atoms with van der Waals surface area (Å²) in [6, 6.07) is 8.39. The number of piperidine rings is 1. The molecular formula is C21H28N4O3S. The van der Waals surface area contributed by atoms with Crippen LogP contribution in [-0.2, 0) is 27.6 Å². The van der Waals surface area contributed by atoms with Gasteiger partial charge in [-0.1, -0.05) is 12.1 Å². The maximum Gasteiger partial charge on any atom is 0.224 e. The normalized spacial score (nSPS) is 14.8. The van der Waals surface area contributed by atoms with E-state index in [1.807, 2.05) is 6.07 Å². The molecule has 1 aromatic carbocycles. The summed E-state index contributed by atoms with van der Waals surface area (Å²) in [5.74, 6) is 1.34. The van der Waals surface area contributed by atoms with Gasteiger partial charge in [-0.25, -0.2) is 18.4 Å². The monoisotopic (exact) mass is 416 g/mol. The minimum atomic E-state index is -3.30. The van der Waals surface area contributed by atoms with Crippen LogP contribution in [-0.4, -0.2) is 42.6 Å². The standard InChI is InChI=1S/C21H28N4O3S/c1-16(2)29(27,28)18-8-6-17(7-9-18)14-21(26)23-15-19-22-11-10-20(24-19)25-12-4-3-5-13-25/h6-11,16H,3-5,12-15H2,1-2H3,(H,23,26). The van der Waals surface area contributed by atoms with Gasteiger partial charge in [-0.2, -0.15) is 0 Å². The zero-order valence-electron chi connectivity index (χ0n) is 17.0. The number of anilines is 1. The van der Waals surface area contributed by atoms with Crippen molar-refractivity contribution in [2.45, 2.75) is 56.2 Å². The Kier molecular flexibility index (Phi) is 6.84. The highest BCUT2D eigenvalue weighted by Gasteiger charge is 2.19. The molecule has 1 aromatic heterocycles. The van der Waals surface area contributed by atoms with Crippen LogP contribution in [0.15, 0.2) is 41.4 Å². The van der Waals surface area contributed by atoms with Gasteiger partial charge in [0, 0.05) is 19.3 Å². The van der Waals surface area contributed by atoms with E-state index in [0.717, 1.165) is 24.5 Å². The summed E-state index contributed by atoms with van der Waals surface area (Å²) in [6.07, 6.45) is 5.51. The number of nitrogens with zero attached hydrogens (tertiary/aromatic N) is 3. The van der Waals surface area contributed by atoms with Crippen LogP contribution >= 0.6 is 0 Å². The molecule has 0 atom stereocenters. The van der Waals surface area contributed by atoms with E-state index in [0.29, 0.717) is 5.82 Å². The van der Waals surface area contributed by atoms with Gasteiger partial charge in [-0.05, 0) is 56.9 Å². The van der Waals surface area contributed by atoms with Crippen LogP contribution in [0.1, 0.15) is 44.5 Å². The molecule has 1 saturated heterocycles. The Morgan fingerprint density at radius 2 is 1.79 bits per heavy atom. The number of aromatic nitrogens is 2. The van der Waals surface area contributed by atoms with Gasteiger partial charge in [0.05, 0.1) is 23.1 Å². The maximum atomic E-state index is 12.3. The molecule has 0 spiro atoms. The van der Waals surface area contributed by atoms with Crippen LogP contribution in [0.5, 0.6) is 0 Å². The van der Waals surface area contributed by atoms with Crippen molar-refractivity contribution in [1.82, 2.24) is 15.3 Å². The van der Waals surface area contributed by atoms with Gasteiger partial charge in [0.1, 0.15) is 11.6 Å². The lowest BCUT2D eigenvalue weighted by Gasteiger charge is -2.27. The lowest BCUT2D eigenvalue weighted by atomic mass is 10.1. The first-order valence-corrected chi connectivity index (χ1v) is 11.6. The lowest BCUT2D eigenvalue weighted by Crippen LogP contribution is -2.31. The molecule has 2 aromatic rings. The molecule has 0 saturated carbocycles. The maximum absolute atomic E-state index is 12.3. The fourth-order valence-electron chi connectivity index (χ4n) is 3.27. The SMILES string of the molecule is CC(C)S(=O)(=O)c1ccc(CC(=O)NCc2nccc(N3CCCCC3)n2)cc1. The number of nitrogens with one attached hydrogen (secondary N) is 1. The highest BCUT2D eigenvalue weighted by Crippen LogP contribution is 2.18. The first kappa shape index (κ1) is 21.2. The summed E-state index contributed by atoms with van der Waals surface area (Å²) in [5.41, 5.74) is 0.758. The molecule has 1 N–H and O–H groups in total. The smallest absolute Gasteiger partial charge is 0.224 e. The van der Waals surface area contributed by atoms with E-state index in [-0.39, 0.29) is 23.8 Å². The van der Waals surface area contributed by atoms with Gasteiger partial charge in [-0.15, -0.1) is 0 Å². The van der Waals surface area contributed by atoms with Gasteiger partial charge in [0.25, 0.3) is 0 Å². The molecule has 29 heavy (non-hydrogen) atoms. The molecule has 0 radical (unpaired) electrons. The van der Waals surface area contributed by atoms with Gasteiger partial charge >= 0.3 is 0 Å². The number of sulfone groups is 1. The predicted octanol–water partition coefficient (Wildman–Crippen LogP) is 2.51. The molecule has 156 valence electrons. The van der Waals surface area contributed by atoms with Crippen LogP contribution in [0.2, 0.25) is 0 Å². The van der Waals surface area contributed by atoms with Gasteiger partial charge in [0.15, 0.2) is 9.84 Å². The Bertz CT molecular complexity index is 937. The van der Waals surface area contributed by atoms with E-state index in [1.54, 1.807) is 44.3 Å². The largest absolute Gasteiger partial charge is 0.357 e. The molecular weight excluding hydrogens is 388 g/mol. The van der Waals surface area contributed by atoms with Gasteiger partial charge < -0.3 is 10.2 Å². The molecule has 8 heteroatoms. The quantitative estimate of drug-likeness (QED) is 0.746. The third-order valence-electron chi connectivity index (χ3n) is 5.05. The Morgan fingerprint density at radius 3 is 2.45 bits per heavy atom. The van der Waals surface area contributed by atoms with Crippen molar-refractivity contribution in [2.75, 3.05) is 18.0 Å². The topological polar surface area (TPSA) is 92.3 Å². The van der Waals surface area contributed by atoms with E-state index >= 15 is 0 Å². The molecule has 1 fully saturated rings. The van der Waals surface area contributed by atoms with E-state index < -0.39 is 15.1 Å². The number of hydrogen-bond acceptors (Lipinski definition) is 6. The van der Waals surface area contributed by atoms with Crippen LogP contribution in [0.4, 0.5) is 5.82 Å². The zero-order chi connectivity index (χ0) is 20.9. The third kappa shape index (κ3) is 5.53. The van der Waals surface area contributed by atoms with Crippen molar-refractivity contribution >= 4 is 21.6 Å². The fourth-order valence-corrected chi connectivity index (χ4v) is 4.33. The third-order valence-corrected chi connectivity index (χ3v) is 7.22. The van der Waals surface area contributed by atoms with Crippen molar-refractivity contribution < 1.29 is 13.2 Å². The average molecular weight is 417 g/mol. The first-order chi connectivity index (χ1) is 13.9. The molecule has 2 heterocycles.